The second-order valence-corrected chi connectivity index (χ2v) is 5.21. The molecule has 0 aliphatic rings. The summed E-state index contributed by atoms with van der Waals surface area (Å²) >= 11 is 0. The molecule has 5 heteroatoms. The molecular formula is C19H23NO4. The van der Waals surface area contributed by atoms with Crippen LogP contribution in [0.4, 0.5) is 5.69 Å². The lowest BCUT2D eigenvalue weighted by Crippen LogP contribution is -2.20. The highest BCUT2D eigenvalue weighted by Gasteiger charge is 2.07. The normalized spacial score (nSPS) is 10.1. The molecule has 0 aliphatic heterocycles. The number of carbonyl (C=O) groups is 1. The van der Waals surface area contributed by atoms with Crippen LogP contribution in [0.5, 0.6) is 17.2 Å². The summed E-state index contributed by atoms with van der Waals surface area (Å²) in [7, 11) is 1.56. The van der Waals surface area contributed by atoms with Gasteiger partial charge in [-0.1, -0.05) is 25.5 Å². The molecule has 5 nitrogen and oxygen atoms in total. The van der Waals surface area contributed by atoms with E-state index in [2.05, 4.69) is 12.2 Å². The molecule has 0 aliphatic carbocycles. The Balaban J connectivity index is 1.81. The van der Waals surface area contributed by atoms with E-state index in [1.165, 1.54) is 0 Å². The van der Waals surface area contributed by atoms with Gasteiger partial charge in [0.1, 0.15) is 17.2 Å². The molecule has 0 atom stereocenters. The van der Waals surface area contributed by atoms with Gasteiger partial charge in [0.05, 0.1) is 19.4 Å². The number of para-hydroxylation sites is 2. The van der Waals surface area contributed by atoms with Crippen molar-refractivity contribution in [2.45, 2.75) is 19.8 Å². The molecule has 0 unspecified atom stereocenters. The fourth-order valence-corrected chi connectivity index (χ4v) is 2.05. The van der Waals surface area contributed by atoms with Gasteiger partial charge in [-0.05, 0) is 42.8 Å². The zero-order valence-electron chi connectivity index (χ0n) is 14.1. The van der Waals surface area contributed by atoms with Crippen molar-refractivity contribution in [1.82, 2.24) is 0 Å². The zero-order chi connectivity index (χ0) is 17.2. The van der Waals surface area contributed by atoms with Gasteiger partial charge in [0, 0.05) is 0 Å². The number of anilines is 1. The number of unbranched alkanes of at least 4 members (excludes halogenated alkanes) is 1. The third-order valence-corrected chi connectivity index (χ3v) is 3.34. The van der Waals surface area contributed by atoms with Crippen molar-refractivity contribution in [3.8, 4) is 17.2 Å². The van der Waals surface area contributed by atoms with Crippen molar-refractivity contribution < 1.29 is 19.0 Å². The summed E-state index contributed by atoms with van der Waals surface area (Å²) in [6.45, 7) is 2.75. The van der Waals surface area contributed by atoms with Gasteiger partial charge >= 0.3 is 0 Å². The smallest absolute Gasteiger partial charge is 0.262 e. The van der Waals surface area contributed by atoms with E-state index in [0.717, 1.165) is 18.6 Å². The summed E-state index contributed by atoms with van der Waals surface area (Å²) in [6, 6.07) is 14.5. The van der Waals surface area contributed by atoms with Crippen molar-refractivity contribution in [3.63, 3.8) is 0 Å². The summed E-state index contributed by atoms with van der Waals surface area (Å²) in [5, 5.41) is 2.76. The van der Waals surface area contributed by atoms with Crippen LogP contribution in [-0.2, 0) is 4.79 Å². The van der Waals surface area contributed by atoms with Crippen LogP contribution >= 0.6 is 0 Å². The van der Waals surface area contributed by atoms with Crippen LogP contribution in [0.15, 0.2) is 48.5 Å². The Hall–Kier alpha value is -2.69. The molecular weight excluding hydrogens is 306 g/mol. The topological polar surface area (TPSA) is 56.8 Å². The number of carbonyl (C=O) groups excluding carboxylic acids is 1. The standard InChI is InChI=1S/C19H23NO4/c1-3-4-13-23-15-9-11-16(12-10-15)24-14-19(21)20-17-7-5-6-8-18(17)22-2/h5-12H,3-4,13-14H2,1-2H3,(H,20,21). The van der Waals surface area contributed by atoms with Crippen LogP contribution in [0.3, 0.4) is 0 Å². The van der Waals surface area contributed by atoms with E-state index in [1.807, 2.05) is 24.3 Å². The average molecular weight is 329 g/mol. The maximum absolute atomic E-state index is 12.0. The van der Waals surface area contributed by atoms with Gasteiger partial charge in [0.15, 0.2) is 6.61 Å². The molecule has 0 saturated carbocycles. The molecule has 0 bridgehead atoms. The largest absolute Gasteiger partial charge is 0.495 e. The quantitative estimate of drug-likeness (QED) is 0.709. The van der Waals surface area contributed by atoms with Gasteiger partial charge in [-0.25, -0.2) is 0 Å². The van der Waals surface area contributed by atoms with Gasteiger partial charge in [0.2, 0.25) is 0 Å². The van der Waals surface area contributed by atoms with Crippen LogP contribution < -0.4 is 19.5 Å². The second-order valence-electron chi connectivity index (χ2n) is 5.21. The van der Waals surface area contributed by atoms with Crippen molar-refractivity contribution >= 4 is 11.6 Å². The minimum Gasteiger partial charge on any atom is -0.495 e. The minimum atomic E-state index is -0.247. The first-order valence-electron chi connectivity index (χ1n) is 8.01. The van der Waals surface area contributed by atoms with E-state index in [-0.39, 0.29) is 12.5 Å². The van der Waals surface area contributed by atoms with Gasteiger partial charge in [-0.15, -0.1) is 0 Å². The van der Waals surface area contributed by atoms with Crippen LogP contribution in [0, 0.1) is 0 Å². The van der Waals surface area contributed by atoms with Gasteiger partial charge in [-0.3, -0.25) is 4.79 Å². The number of ether oxygens (including phenoxy) is 3. The maximum atomic E-state index is 12.0. The Kier molecular flexibility index (Phi) is 6.95. The van der Waals surface area contributed by atoms with E-state index in [9.17, 15) is 4.79 Å². The van der Waals surface area contributed by atoms with Gasteiger partial charge < -0.3 is 19.5 Å². The van der Waals surface area contributed by atoms with Crippen molar-refractivity contribution in [2.75, 3.05) is 25.6 Å². The third-order valence-electron chi connectivity index (χ3n) is 3.34. The SMILES string of the molecule is CCCCOc1ccc(OCC(=O)Nc2ccccc2OC)cc1. The highest BCUT2D eigenvalue weighted by molar-refractivity contribution is 5.93. The number of hydrogen-bond acceptors (Lipinski definition) is 4. The first kappa shape index (κ1) is 17.7. The highest BCUT2D eigenvalue weighted by Crippen LogP contribution is 2.23. The predicted octanol–water partition coefficient (Wildman–Crippen LogP) is 3.89. The monoisotopic (exact) mass is 329 g/mol. The highest BCUT2D eigenvalue weighted by atomic mass is 16.5. The summed E-state index contributed by atoms with van der Waals surface area (Å²) in [5.74, 6) is 1.78. The Bertz CT molecular complexity index is 640. The summed E-state index contributed by atoms with van der Waals surface area (Å²) in [6.07, 6.45) is 2.13. The van der Waals surface area contributed by atoms with Crippen LogP contribution in [-0.4, -0.2) is 26.2 Å². The fraction of sp³-hybridized carbons (Fsp3) is 0.316. The predicted molar refractivity (Wildman–Crippen MR) is 94.0 cm³/mol. The number of amides is 1. The zero-order valence-corrected chi connectivity index (χ0v) is 14.1. The van der Waals surface area contributed by atoms with Crippen LogP contribution in [0.2, 0.25) is 0 Å². The lowest BCUT2D eigenvalue weighted by molar-refractivity contribution is -0.118. The lowest BCUT2D eigenvalue weighted by Gasteiger charge is -2.11. The number of methoxy groups -OCH3 is 1. The molecule has 128 valence electrons. The molecule has 1 N–H and O–H groups in total. The van der Waals surface area contributed by atoms with E-state index < -0.39 is 0 Å². The molecule has 2 rings (SSSR count). The minimum absolute atomic E-state index is 0.0753. The first-order valence-corrected chi connectivity index (χ1v) is 8.01. The first-order chi connectivity index (χ1) is 11.7. The molecule has 0 heterocycles. The van der Waals surface area contributed by atoms with E-state index in [0.29, 0.717) is 23.8 Å². The van der Waals surface area contributed by atoms with E-state index in [4.69, 9.17) is 14.2 Å². The number of hydrogen-bond donors (Lipinski definition) is 1. The molecule has 24 heavy (non-hydrogen) atoms. The second kappa shape index (κ2) is 9.45. The Morgan fingerprint density at radius 2 is 1.67 bits per heavy atom. The van der Waals surface area contributed by atoms with Gasteiger partial charge in [-0.2, -0.15) is 0 Å². The number of rotatable bonds is 9. The molecule has 0 fully saturated rings. The van der Waals surface area contributed by atoms with Crippen LogP contribution in [0.25, 0.3) is 0 Å². The average Bonchev–Trinajstić information content (AvgIpc) is 2.62. The molecule has 0 spiro atoms. The maximum Gasteiger partial charge on any atom is 0.262 e. The van der Waals surface area contributed by atoms with Crippen molar-refractivity contribution in [3.05, 3.63) is 48.5 Å². The van der Waals surface area contributed by atoms with E-state index in [1.54, 1.807) is 31.4 Å². The molecule has 0 saturated heterocycles. The number of benzene rings is 2. The van der Waals surface area contributed by atoms with Gasteiger partial charge in [0.25, 0.3) is 5.91 Å². The van der Waals surface area contributed by atoms with Crippen molar-refractivity contribution in [2.24, 2.45) is 0 Å². The summed E-state index contributed by atoms with van der Waals surface area (Å²) in [5.41, 5.74) is 0.619. The fourth-order valence-electron chi connectivity index (χ4n) is 2.05. The molecule has 0 radical (unpaired) electrons. The molecule has 2 aromatic carbocycles. The van der Waals surface area contributed by atoms with E-state index >= 15 is 0 Å². The summed E-state index contributed by atoms with van der Waals surface area (Å²) in [4.78, 5) is 12.0. The Morgan fingerprint density at radius 1 is 1.00 bits per heavy atom. The lowest BCUT2D eigenvalue weighted by atomic mass is 10.3. The Labute approximate surface area is 142 Å². The number of nitrogens with one attached hydrogen (secondary N) is 1. The summed E-state index contributed by atoms with van der Waals surface area (Å²) < 4.78 is 16.3. The Morgan fingerprint density at radius 3 is 2.33 bits per heavy atom. The molecule has 0 aromatic heterocycles. The van der Waals surface area contributed by atoms with Crippen LogP contribution in [0.1, 0.15) is 19.8 Å². The third kappa shape index (κ3) is 5.50. The molecule has 2 aromatic rings. The van der Waals surface area contributed by atoms with Crippen molar-refractivity contribution in [1.29, 1.82) is 0 Å². The molecule has 1 amide bonds.